The minimum atomic E-state index is 0.0605. The molecule has 1 aliphatic rings. The van der Waals surface area contributed by atoms with E-state index in [2.05, 4.69) is 26.2 Å². The van der Waals surface area contributed by atoms with E-state index in [1.165, 1.54) is 0 Å². The quantitative estimate of drug-likeness (QED) is 0.824. The first kappa shape index (κ1) is 10.6. The maximum absolute atomic E-state index is 12.0. The molecule has 2 heterocycles. The largest absolute Gasteiger partial charge is 0.336 e. The molecule has 0 atom stereocenters. The van der Waals surface area contributed by atoms with Crippen molar-refractivity contribution in [1.82, 2.24) is 15.2 Å². The highest BCUT2D eigenvalue weighted by atomic mass is 79.9. The fourth-order valence-corrected chi connectivity index (χ4v) is 1.94. The van der Waals surface area contributed by atoms with Gasteiger partial charge < -0.3 is 10.2 Å². The van der Waals surface area contributed by atoms with Crippen LogP contribution >= 0.6 is 15.9 Å². The summed E-state index contributed by atoms with van der Waals surface area (Å²) >= 11 is 3.31. The molecule has 0 unspecified atom stereocenters. The van der Waals surface area contributed by atoms with Gasteiger partial charge in [0.25, 0.3) is 5.91 Å². The first-order valence-corrected chi connectivity index (χ1v) is 5.67. The van der Waals surface area contributed by atoms with Gasteiger partial charge in [0, 0.05) is 43.0 Å². The molecule has 15 heavy (non-hydrogen) atoms. The van der Waals surface area contributed by atoms with Crippen molar-refractivity contribution in [3.63, 3.8) is 0 Å². The number of amides is 1. The van der Waals surface area contributed by atoms with Crippen molar-refractivity contribution in [1.29, 1.82) is 0 Å². The topological polar surface area (TPSA) is 45.2 Å². The number of nitrogens with zero attached hydrogens (tertiary/aromatic N) is 2. The van der Waals surface area contributed by atoms with Gasteiger partial charge in [-0.1, -0.05) is 0 Å². The van der Waals surface area contributed by atoms with Crippen molar-refractivity contribution in [3.8, 4) is 0 Å². The summed E-state index contributed by atoms with van der Waals surface area (Å²) in [5.41, 5.74) is 0.645. The van der Waals surface area contributed by atoms with E-state index >= 15 is 0 Å². The van der Waals surface area contributed by atoms with Gasteiger partial charge in [0.15, 0.2) is 0 Å². The molecule has 4 nitrogen and oxygen atoms in total. The lowest BCUT2D eigenvalue weighted by atomic mass is 10.2. The Morgan fingerprint density at radius 1 is 1.40 bits per heavy atom. The van der Waals surface area contributed by atoms with Crippen LogP contribution < -0.4 is 5.32 Å². The van der Waals surface area contributed by atoms with Gasteiger partial charge in [0.1, 0.15) is 0 Å². The van der Waals surface area contributed by atoms with E-state index in [-0.39, 0.29) is 5.91 Å². The molecule has 1 aliphatic heterocycles. The third-order valence-electron chi connectivity index (χ3n) is 2.36. The molecule has 1 N–H and O–H groups in total. The zero-order chi connectivity index (χ0) is 10.7. The SMILES string of the molecule is O=C(c1cncc(Br)c1)N1CCNCC1. The smallest absolute Gasteiger partial charge is 0.255 e. The molecule has 1 aromatic rings. The standard InChI is InChI=1S/C10H12BrN3O/c11-9-5-8(6-13-7-9)10(15)14-3-1-12-2-4-14/h5-7,12H,1-4H2. The summed E-state index contributed by atoms with van der Waals surface area (Å²) in [4.78, 5) is 17.8. The van der Waals surface area contributed by atoms with Gasteiger partial charge in [-0.25, -0.2) is 0 Å². The Morgan fingerprint density at radius 2 is 2.13 bits per heavy atom. The lowest BCUT2D eigenvalue weighted by Gasteiger charge is -2.27. The fraction of sp³-hybridized carbons (Fsp3) is 0.400. The van der Waals surface area contributed by atoms with Crippen LogP contribution in [0.15, 0.2) is 22.9 Å². The lowest BCUT2D eigenvalue weighted by Crippen LogP contribution is -2.46. The van der Waals surface area contributed by atoms with Gasteiger partial charge in [0.05, 0.1) is 5.56 Å². The molecule has 1 aromatic heterocycles. The average molecular weight is 270 g/mol. The summed E-state index contributed by atoms with van der Waals surface area (Å²) in [6.07, 6.45) is 3.28. The van der Waals surface area contributed by atoms with Crippen molar-refractivity contribution in [3.05, 3.63) is 28.5 Å². The van der Waals surface area contributed by atoms with Crippen molar-refractivity contribution in [2.24, 2.45) is 0 Å². The average Bonchev–Trinajstić information content (AvgIpc) is 2.29. The molecule has 0 bridgehead atoms. The molecule has 5 heteroatoms. The predicted molar refractivity (Wildman–Crippen MR) is 60.7 cm³/mol. The molecule has 0 spiro atoms. The summed E-state index contributed by atoms with van der Waals surface area (Å²) in [5.74, 6) is 0.0605. The van der Waals surface area contributed by atoms with Crippen LogP contribution in [0.1, 0.15) is 10.4 Å². The van der Waals surface area contributed by atoms with E-state index in [1.807, 2.05) is 4.90 Å². The Balaban J connectivity index is 2.12. The van der Waals surface area contributed by atoms with Crippen molar-refractivity contribution < 1.29 is 4.79 Å². The number of carbonyl (C=O) groups is 1. The van der Waals surface area contributed by atoms with Gasteiger partial charge in [-0.15, -0.1) is 0 Å². The van der Waals surface area contributed by atoms with Crippen molar-refractivity contribution in [2.75, 3.05) is 26.2 Å². The molecule has 1 amide bonds. The molecule has 0 saturated carbocycles. The van der Waals surface area contributed by atoms with Crippen molar-refractivity contribution in [2.45, 2.75) is 0 Å². The molecule has 1 saturated heterocycles. The van der Waals surface area contributed by atoms with E-state index in [4.69, 9.17) is 0 Å². The number of aromatic nitrogens is 1. The highest BCUT2D eigenvalue weighted by Gasteiger charge is 2.17. The number of hydrogen-bond donors (Lipinski definition) is 1. The van der Waals surface area contributed by atoms with E-state index in [0.29, 0.717) is 5.56 Å². The summed E-state index contributed by atoms with van der Waals surface area (Å²) in [5, 5.41) is 3.21. The Kier molecular flexibility index (Phi) is 3.33. The van der Waals surface area contributed by atoms with E-state index in [9.17, 15) is 4.79 Å². The summed E-state index contributed by atoms with van der Waals surface area (Å²) < 4.78 is 0.837. The predicted octanol–water partition coefficient (Wildman–Crippen LogP) is 0.889. The Labute approximate surface area is 96.8 Å². The highest BCUT2D eigenvalue weighted by Crippen LogP contribution is 2.11. The first-order valence-electron chi connectivity index (χ1n) is 4.88. The number of rotatable bonds is 1. The highest BCUT2D eigenvalue weighted by molar-refractivity contribution is 9.10. The lowest BCUT2D eigenvalue weighted by molar-refractivity contribution is 0.0735. The number of nitrogens with one attached hydrogen (secondary N) is 1. The normalized spacial score (nSPS) is 16.5. The molecule has 80 valence electrons. The van der Waals surface area contributed by atoms with Gasteiger partial charge in [0.2, 0.25) is 0 Å². The number of pyridine rings is 1. The number of piperazine rings is 1. The Morgan fingerprint density at radius 3 is 2.80 bits per heavy atom. The van der Waals surface area contributed by atoms with Crippen LogP contribution in [0.25, 0.3) is 0 Å². The molecule has 0 aliphatic carbocycles. The molecular formula is C10H12BrN3O. The van der Waals surface area contributed by atoms with Crippen LogP contribution in [0, 0.1) is 0 Å². The second kappa shape index (κ2) is 4.72. The fourth-order valence-electron chi connectivity index (χ4n) is 1.58. The zero-order valence-corrected chi connectivity index (χ0v) is 9.83. The van der Waals surface area contributed by atoms with Gasteiger partial charge in [-0.2, -0.15) is 0 Å². The van der Waals surface area contributed by atoms with Gasteiger partial charge >= 0.3 is 0 Å². The first-order chi connectivity index (χ1) is 7.27. The van der Waals surface area contributed by atoms with E-state index in [0.717, 1.165) is 30.7 Å². The Hall–Kier alpha value is -0.940. The van der Waals surface area contributed by atoms with E-state index < -0.39 is 0 Å². The van der Waals surface area contributed by atoms with E-state index in [1.54, 1.807) is 18.5 Å². The third-order valence-corrected chi connectivity index (χ3v) is 2.79. The van der Waals surface area contributed by atoms with Gasteiger partial charge in [-0.3, -0.25) is 9.78 Å². The van der Waals surface area contributed by atoms with Crippen LogP contribution in [-0.4, -0.2) is 42.0 Å². The number of hydrogen-bond acceptors (Lipinski definition) is 3. The number of halogens is 1. The molecule has 0 radical (unpaired) electrons. The minimum Gasteiger partial charge on any atom is -0.336 e. The van der Waals surface area contributed by atoms with Crippen LogP contribution in [0.4, 0.5) is 0 Å². The molecule has 0 aromatic carbocycles. The minimum absolute atomic E-state index is 0.0605. The van der Waals surface area contributed by atoms with Crippen molar-refractivity contribution >= 4 is 21.8 Å². The molecule has 1 fully saturated rings. The number of carbonyl (C=O) groups excluding carboxylic acids is 1. The third kappa shape index (κ3) is 2.54. The summed E-state index contributed by atoms with van der Waals surface area (Å²) in [6, 6.07) is 1.80. The monoisotopic (exact) mass is 269 g/mol. The maximum atomic E-state index is 12.0. The van der Waals surface area contributed by atoms with Crippen LogP contribution in [-0.2, 0) is 0 Å². The van der Waals surface area contributed by atoms with Crippen LogP contribution in [0.5, 0.6) is 0 Å². The van der Waals surface area contributed by atoms with Crippen LogP contribution in [0.2, 0.25) is 0 Å². The Bertz CT molecular complexity index is 363. The second-order valence-corrected chi connectivity index (χ2v) is 4.35. The summed E-state index contributed by atoms with van der Waals surface area (Å²) in [7, 11) is 0. The molecular weight excluding hydrogens is 258 g/mol. The van der Waals surface area contributed by atoms with Gasteiger partial charge in [-0.05, 0) is 22.0 Å². The maximum Gasteiger partial charge on any atom is 0.255 e. The van der Waals surface area contributed by atoms with Crippen LogP contribution in [0.3, 0.4) is 0 Å². The second-order valence-electron chi connectivity index (χ2n) is 3.43. The molecule has 2 rings (SSSR count). The zero-order valence-electron chi connectivity index (χ0n) is 8.24. The summed E-state index contributed by atoms with van der Waals surface area (Å²) in [6.45, 7) is 3.27.